The highest BCUT2D eigenvalue weighted by molar-refractivity contribution is 5.24. The Morgan fingerprint density at radius 1 is 1.36 bits per heavy atom. The Labute approximate surface area is 85.0 Å². The minimum atomic E-state index is 0.0776. The van der Waals surface area contributed by atoms with Crippen LogP contribution in [-0.2, 0) is 0 Å². The van der Waals surface area contributed by atoms with E-state index in [0.717, 1.165) is 12.1 Å². The highest BCUT2D eigenvalue weighted by Crippen LogP contribution is 2.12. The number of hydrogen-bond acceptors (Lipinski definition) is 4. The molecule has 0 aliphatic heterocycles. The van der Waals surface area contributed by atoms with Crippen molar-refractivity contribution >= 4 is 5.95 Å². The third-order valence-corrected chi connectivity index (χ3v) is 2.06. The van der Waals surface area contributed by atoms with E-state index in [1.165, 1.54) is 0 Å². The van der Waals surface area contributed by atoms with E-state index in [1.54, 1.807) is 12.4 Å². The standard InChI is InChI=1S/C10H18N4/c1-8-4-12-9(13-5-8)14-7-10(2,3)6-11/h4-5H,6-7,11H2,1-3H3,(H,12,13,14). The smallest absolute Gasteiger partial charge is 0.222 e. The van der Waals surface area contributed by atoms with Gasteiger partial charge in [-0.2, -0.15) is 0 Å². The molecule has 4 heteroatoms. The van der Waals surface area contributed by atoms with E-state index in [2.05, 4.69) is 29.1 Å². The van der Waals surface area contributed by atoms with Crippen LogP contribution in [0, 0.1) is 12.3 Å². The van der Waals surface area contributed by atoms with Crippen LogP contribution < -0.4 is 11.1 Å². The van der Waals surface area contributed by atoms with Crippen LogP contribution in [0.2, 0.25) is 0 Å². The first-order chi connectivity index (χ1) is 6.53. The molecule has 0 amide bonds. The van der Waals surface area contributed by atoms with Gasteiger partial charge in [0.05, 0.1) is 0 Å². The molecule has 1 aromatic rings. The lowest BCUT2D eigenvalue weighted by Gasteiger charge is -2.22. The monoisotopic (exact) mass is 194 g/mol. The fourth-order valence-corrected chi connectivity index (χ4v) is 0.874. The van der Waals surface area contributed by atoms with Crippen molar-refractivity contribution in [2.45, 2.75) is 20.8 Å². The van der Waals surface area contributed by atoms with Crippen molar-refractivity contribution in [2.24, 2.45) is 11.1 Å². The number of nitrogens with one attached hydrogen (secondary N) is 1. The summed E-state index contributed by atoms with van der Waals surface area (Å²) in [4.78, 5) is 8.31. The lowest BCUT2D eigenvalue weighted by atomic mass is 9.94. The first-order valence-corrected chi connectivity index (χ1v) is 4.76. The molecule has 0 unspecified atom stereocenters. The molecule has 0 aliphatic rings. The number of aryl methyl sites for hydroxylation is 1. The van der Waals surface area contributed by atoms with Gasteiger partial charge in [-0.3, -0.25) is 0 Å². The second-order valence-corrected chi connectivity index (χ2v) is 4.31. The van der Waals surface area contributed by atoms with Crippen molar-refractivity contribution in [1.82, 2.24) is 9.97 Å². The van der Waals surface area contributed by atoms with Crippen LogP contribution in [0.5, 0.6) is 0 Å². The van der Waals surface area contributed by atoms with Gasteiger partial charge in [-0.25, -0.2) is 9.97 Å². The molecule has 0 saturated heterocycles. The molecule has 1 rings (SSSR count). The summed E-state index contributed by atoms with van der Waals surface area (Å²) in [5, 5.41) is 3.16. The molecule has 3 N–H and O–H groups in total. The third-order valence-electron chi connectivity index (χ3n) is 2.06. The van der Waals surface area contributed by atoms with Crippen LogP contribution in [0.4, 0.5) is 5.95 Å². The van der Waals surface area contributed by atoms with Crippen LogP contribution in [0.3, 0.4) is 0 Å². The first kappa shape index (κ1) is 10.9. The van der Waals surface area contributed by atoms with E-state index < -0.39 is 0 Å². The Hall–Kier alpha value is -1.16. The van der Waals surface area contributed by atoms with Gasteiger partial charge in [0, 0.05) is 18.9 Å². The average Bonchev–Trinajstić information content (AvgIpc) is 2.17. The Balaban J connectivity index is 2.50. The Morgan fingerprint density at radius 3 is 2.43 bits per heavy atom. The summed E-state index contributed by atoms with van der Waals surface area (Å²) < 4.78 is 0. The fraction of sp³-hybridized carbons (Fsp3) is 0.600. The van der Waals surface area contributed by atoms with E-state index >= 15 is 0 Å². The highest BCUT2D eigenvalue weighted by Gasteiger charge is 2.15. The van der Waals surface area contributed by atoms with Gasteiger partial charge >= 0.3 is 0 Å². The molecule has 0 aromatic carbocycles. The topological polar surface area (TPSA) is 63.8 Å². The third kappa shape index (κ3) is 3.30. The molecular weight excluding hydrogens is 176 g/mol. The van der Waals surface area contributed by atoms with E-state index in [0.29, 0.717) is 12.5 Å². The summed E-state index contributed by atoms with van der Waals surface area (Å²) in [5.41, 5.74) is 6.75. The predicted octanol–water partition coefficient (Wildman–Crippen LogP) is 1.18. The first-order valence-electron chi connectivity index (χ1n) is 4.76. The maximum atomic E-state index is 5.61. The molecule has 0 spiro atoms. The van der Waals surface area contributed by atoms with Crippen LogP contribution in [0.1, 0.15) is 19.4 Å². The van der Waals surface area contributed by atoms with Gasteiger partial charge < -0.3 is 11.1 Å². The number of anilines is 1. The van der Waals surface area contributed by atoms with Gasteiger partial charge in [-0.15, -0.1) is 0 Å². The molecule has 0 saturated carbocycles. The molecular formula is C10H18N4. The Morgan fingerprint density at radius 2 is 1.93 bits per heavy atom. The van der Waals surface area contributed by atoms with Crippen molar-refractivity contribution in [3.8, 4) is 0 Å². The quantitative estimate of drug-likeness (QED) is 0.755. The van der Waals surface area contributed by atoms with Gasteiger partial charge in [-0.05, 0) is 24.4 Å². The normalized spacial score (nSPS) is 11.4. The zero-order chi connectivity index (χ0) is 10.6. The molecule has 78 valence electrons. The van der Waals surface area contributed by atoms with E-state index in [4.69, 9.17) is 5.73 Å². The summed E-state index contributed by atoms with van der Waals surface area (Å²) in [6.45, 7) is 7.61. The second kappa shape index (κ2) is 4.37. The van der Waals surface area contributed by atoms with Crippen molar-refractivity contribution in [2.75, 3.05) is 18.4 Å². The van der Waals surface area contributed by atoms with Crippen LogP contribution in [0.25, 0.3) is 0 Å². The SMILES string of the molecule is Cc1cnc(NCC(C)(C)CN)nc1. The van der Waals surface area contributed by atoms with E-state index in [9.17, 15) is 0 Å². The van der Waals surface area contributed by atoms with Gasteiger partial charge in [-0.1, -0.05) is 13.8 Å². The zero-order valence-corrected chi connectivity index (χ0v) is 9.04. The van der Waals surface area contributed by atoms with Crippen molar-refractivity contribution in [3.05, 3.63) is 18.0 Å². The van der Waals surface area contributed by atoms with E-state index in [1.807, 2.05) is 6.92 Å². The summed E-state index contributed by atoms with van der Waals surface area (Å²) in [6, 6.07) is 0. The molecule has 4 nitrogen and oxygen atoms in total. The number of nitrogens with zero attached hydrogens (tertiary/aromatic N) is 2. The molecule has 0 aliphatic carbocycles. The van der Waals surface area contributed by atoms with Crippen molar-refractivity contribution < 1.29 is 0 Å². The summed E-state index contributed by atoms with van der Waals surface area (Å²) in [5.74, 6) is 0.664. The summed E-state index contributed by atoms with van der Waals surface area (Å²) in [7, 11) is 0. The Kier molecular flexibility index (Phi) is 3.41. The zero-order valence-electron chi connectivity index (χ0n) is 9.04. The average molecular weight is 194 g/mol. The minimum absolute atomic E-state index is 0.0776. The van der Waals surface area contributed by atoms with Gasteiger partial charge in [0.2, 0.25) is 5.95 Å². The highest BCUT2D eigenvalue weighted by atomic mass is 15.1. The van der Waals surface area contributed by atoms with Crippen molar-refractivity contribution in [1.29, 1.82) is 0 Å². The fourth-order valence-electron chi connectivity index (χ4n) is 0.874. The largest absolute Gasteiger partial charge is 0.354 e. The number of rotatable bonds is 4. The minimum Gasteiger partial charge on any atom is -0.354 e. The molecule has 0 atom stereocenters. The number of nitrogens with two attached hydrogens (primary N) is 1. The van der Waals surface area contributed by atoms with Crippen LogP contribution >= 0.6 is 0 Å². The second-order valence-electron chi connectivity index (χ2n) is 4.31. The van der Waals surface area contributed by atoms with Gasteiger partial charge in [0.15, 0.2) is 0 Å². The van der Waals surface area contributed by atoms with Crippen LogP contribution in [0.15, 0.2) is 12.4 Å². The lowest BCUT2D eigenvalue weighted by molar-refractivity contribution is 0.404. The Bertz CT molecular complexity index is 279. The lowest BCUT2D eigenvalue weighted by Crippen LogP contribution is -2.31. The van der Waals surface area contributed by atoms with Gasteiger partial charge in [0.1, 0.15) is 0 Å². The molecule has 1 heterocycles. The van der Waals surface area contributed by atoms with E-state index in [-0.39, 0.29) is 5.41 Å². The summed E-state index contributed by atoms with van der Waals surface area (Å²) >= 11 is 0. The molecule has 14 heavy (non-hydrogen) atoms. The molecule has 0 fully saturated rings. The van der Waals surface area contributed by atoms with Crippen LogP contribution in [-0.4, -0.2) is 23.1 Å². The number of aromatic nitrogens is 2. The maximum absolute atomic E-state index is 5.61. The molecule has 0 radical (unpaired) electrons. The molecule has 1 aromatic heterocycles. The molecule has 0 bridgehead atoms. The van der Waals surface area contributed by atoms with Gasteiger partial charge in [0.25, 0.3) is 0 Å². The van der Waals surface area contributed by atoms with Crippen molar-refractivity contribution in [3.63, 3.8) is 0 Å². The summed E-state index contributed by atoms with van der Waals surface area (Å²) in [6.07, 6.45) is 3.59. The predicted molar refractivity (Wildman–Crippen MR) is 58.1 cm³/mol. The maximum Gasteiger partial charge on any atom is 0.222 e. The number of hydrogen-bond donors (Lipinski definition) is 2.